The molecular weight excluding hydrogens is 311 g/mol. The van der Waals surface area contributed by atoms with E-state index in [2.05, 4.69) is 4.98 Å². The molecule has 0 aliphatic rings. The molecule has 108 valence electrons. The van der Waals surface area contributed by atoms with Gasteiger partial charge in [-0.1, -0.05) is 11.6 Å². The average Bonchev–Trinajstić information content (AvgIpc) is 2.76. The van der Waals surface area contributed by atoms with Crippen LogP contribution in [0.3, 0.4) is 0 Å². The summed E-state index contributed by atoms with van der Waals surface area (Å²) in [5, 5.41) is 0.0659. The van der Waals surface area contributed by atoms with E-state index in [9.17, 15) is 4.39 Å². The van der Waals surface area contributed by atoms with Gasteiger partial charge in [0.05, 0.1) is 22.7 Å². The van der Waals surface area contributed by atoms with Crippen LogP contribution in [0.4, 0.5) is 4.39 Å². The maximum absolute atomic E-state index is 13.5. The molecule has 0 radical (unpaired) electrons. The lowest BCUT2D eigenvalue weighted by Gasteiger charge is -2.07. The number of hydrogen-bond donors (Lipinski definition) is 1. The van der Waals surface area contributed by atoms with Crippen LogP contribution in [-0.4, -0.2) is 16.2 Å². The Kier molecular flexibility index (Phi) is 3.69. The first-order chi connectivity index (χ1) is 10.1. The molecule has 1 heterocycles. The molecule has 0 saturated heterocycles. The Morgan fingerprint density at radius 2 is 2.00 bits per heavy atom. The van der Waals surface area contributed by atoms with E-state index in [1.807, 2.05) is 35.8 Å². The predicted molar refractivity (Wildman–Crippen MR) is 84.6 cm³/mol. The van der Waals surface area contributed by atoms with Crippen LogP contribution in [0.15, 0.2) is 36.4 Å². The van der Waals surface area contributed by atoms with Crippen molar-refractivity contribution in [3.8, 4) is 11.4 Å². The second-order valence-electron chi connectivity index (χ2n) is 4.48. The van der Waals surface area contributed by atoms with Gasteiger partial charge in [0, 0.05) is 11.8 Å². The van der Waals surface area contributed by atoms with Crippen molar-refractivity contribution in [1.29, 1.82) is 0 Å². The highest BCUT2D eigenvalue weighted by molar-refractivity contribution is 7.71. The van der Waals surface area contributed by atoms with Crippen molar-refractivity contribution < 1.29 is 9.13 Å². The second-order valence-corrected chi connectivity index (χ2v) is 5.27. The smallest absolute Gasteiger partial charge is 0.182 e. The van der Waals surface area contributed by atoms with E-state index >= 15 is 0 Å². The minimum atomic E-state index is -0.473. The molecule has 0 unspecified atom stereocenters. The fraction of sp³-hybridized carbons (Fsp3) is 0.133. The third-order valence-corrected chi connectivity index (χ3v) is 3.70. The standard InChI is InChI=1S/C15H12ClFN2OS/c1-2-20-10-5-3-9(4-6-10)19-14-7-11(16)12(17)8-13(14)18-15(19)21/h3-8H,2H2,1H3,(H,18,21). The van der Waals surface area contributed by atoms with Crippen molar-refractivity contribution in [2.45, 2.75) is 6.92 Å². The number of halogens is 2. The van der Waals surface area contributed by atoms with E-state index in [0.29, 0.717) is 16.9 Å². The fourth-order valence-corrected chi connectivity index (χ4v) is 2.69. The van der Waals surface area contributed by atoms with Crippen LogP contribution in [0.1, 0.15) is 6.92 Å². The minimum absolute atomic E-state index is 0.0659. The summed E-state index contributed by atoms with van der Waals surface area (Å²) in [6.07, 6.45) is 0. The van der Waals surface area contributed by atoms with Crippen LogP contribution in [0, 0.1) is 10.6 Å². The zero-order valence-electron chi connectivity index (χ0n) is 11.2. The predicted octanol–water partition coefficient (Wildman–Crippen LogP) is 4.88. The minimum Gasteiger partial charge on any atom is -0.494 e. The molecule has 0 aliphatic heterocycles. The Labute approximate surface area is 130 Å². The zero-order chi connectivity index (χ0) is 15.0. The molecule has 0 spiro atoms. The molecule has 0 aliphatic carbocycles. The summed E-state index contributed by atoms with van der Waals surface area (Å²) in [6.45, 7) is 2.54. The summed E-state index contributed by atoms with van der Waals surface area (Å²) < 4.78 is 21.2. The van der Waals surface area contributed by atoms with Gasteiger partial charge in [-0.05, 0) is 49.5 Å². The van der Waals surface area contributed by atoms with Crippen LogP contribution in [-0.2, 0) is 0 Å². The Morgan fingerprint density at radius 1 is 1.29 bits per heavy atom. The molecular formula is C15H12ClFN2OS. The number of imidazole rings is 1. The number of aromatic amines is 1. The molecule has 21 heavy (non-hydrogen) atoms. The lowest BCUT2D eigenvalue weighted by atomic mass is 10.2. The second kappa shape index (κ2) is 5.50. The van der Waals surface area contributed by atoms with E-state index in [-0.39, 0.29) is 5.02 Å². The summed E-state index contributed by atoms with van der Waals surface area (Å²) in [5.74, 6) is 0.316. The molecule has 3 aromatic rings. The lowest BCUT2D eigenvalue weighted by Crippen LogP contribution is -1.95. The van der Waals surface area contributed by atoms with Crippen LogP contribution < -0.4 is 4.74 Å². The van der Waals surface area contributed by atoms with Crippen LogP contribution in [0.25, 0.3) is 16.7 Å². The summed E-state index contributed by atoms with van der Waals surface area (Å²) in [7, 11) is 0. The monoisotopic (exact) mass is 322 g/mol. The van der Waals surface area contributed by atoms with Gasteiger partial charge in [0.1, 0.15) is 11.6 Å². The molecule has 0 saturated carbocycles. The number of fused-ring (bicyclic) bond motifs is 1. The Morgan fingerprint density at radius 3 is 2.67 bits per heavy atom. The Hall–Kier alpha value is -1.85. The Bertz CT molecular complexity index is 854. The molecule has 3 nitrogen and oxygen atoms in total. The number of nitrogens with zero attached hydrogens (tertiary/aromatic N) is 1. The summed E-state index contributed by atoms with van der Waals surface area (Å²) in [6, 6.07) is 10.4. The summed E-state index contributed by atoms with van der Waals surface area (Å²) in [5.41, 5.74) is 2.20. The number of hydrogen-bond acceptors (Lipinski definition) is 2. The number of benzene rings is 2. The van der Waals surface area contributed by atoms with Gasteiger partial charge in [0.2, 0.25) is 0 Å². The molecule has 0 fully saturated rings. The maximum atomic E-state index is 13.5. The van der Waals surface area contributed by atoms with E-state index in [1.54, 1.807) is 6.07 Å². The quantitative estimate of drug-likeness (QED) is 0.696. The third kappa shape index (κ3) is 2.54. The number of H-pyrrole nitrogens is 1. The zero-order valence-corrected chi connectivity index (χ0v) is 12.8. The van der Waals surface area contributed by atoms with Crippen molar-refractivity contribution >= 4 is 34.9 Å². The van der Waals surface area contributed by atoms with Gasteiger partial charge in [-0.15, -0.1) is 0 Å². The van der Waals surface area contributed by atoms with E-state index in [1.165, 1.54) is 6.07 Å². The summed E-state index contributed by atoms with van der Waals surface area (Å²) in [4.78, 5) is 2.98. The maximum Gasteiger partial charge on any atom is 0.182 e. The van der Waals surface area contributed by atoms with Crippen molar-refractivity contribution in [1.82, 2.24) is 9.55 Å². The highest BCUT2D eigenvalue weighted by atomic mass is 35.5. The molecule has 6 heteroatoms. The van der Waals surface area contributed by atoms with Crippen molar-refractivity contribution in [2.75, 3.05) is 6.61 Å². The molecule has 0 bridgehead atoms. The van der Waals surface area contributed by atoms with Crippen molar-refractivity contribution in [3.63, 3.8) is 0 Å². The number of ether oxygens (including phenoxy) is 1. The van der Waals surface area contributed by atoms with Crippen molar-refractivity contribution in [2.24, 2.45) is 0 Å². The van der Waals surface area contributed by atoms with Gasteiger partial charge in [0.15, 0.2) is 4.77 Å². The topological polar surface area (TPSA) is 29.9 Å². The normalized spacial score (nSPS) is 11.0. The SMILES string of the molecule is CCOc1ccc(-n2c(=S)[nH]c3cc(F)c(Cl)cc32)cc1. The first-order valence-corrected chi connectivity index (χ1v) is 7.22. The largest absolute Gasteiger partial charge is 0.494 e. The molecule has 0 atom stereocenters. The third-order valence-electron chi connectivity index (χ3n) is 3.13. The summed E-state index contributed by atoms with van der Waals surface area (Å²) >= 11 is 11.2. The van der Waals surface area contributed by atoms with Gasteiger partial charge in [-0.2, -0.15) is 0 Å². The van der Waals surface area contributed by atoms with Gasteiger partial charge < -0.3 is 9.72 Å². The molecule has 2 aromatic carbocycles. The Balaban J connectivity index is 2.17. The lowest BCUT2D eigenvalue weighted by molar-refractivity contribution is 0.340. The fourth-order valence-electron chi connectivity index (χ4n) is 2.22. The molecule has 0 amide bonds. The van der Waals surface area contributed by atoms with Gasteiger partial charge in [-0.25, -0.2) is 4.39 Å². The molecule has 3 rings (SSSR count). The van der Waals surface area contributed by atoms with E-state index < -0.39 is 5.82 Å². The van der Waals surface area contributed by atoms with Crippen molar-refractivity contribution in [3.05, 3.63) is 52.0 Å². The van der Waals surface area contributed by atoms with Gasteiger partial charge in [0.25, 0.3) is 0 Å². The highest BCUT2D eigenvalue weighted by Crippen LogP contribution is 2.26. The number of aromatic nitrogens is 2. The van der Waals surface area contributed by atoms with Gasteiger partial charge >= 0.3 is 0 Å². The van der Waals surface area contributed by atoms with Crippen LogP contribution in [0.2, 0.25) is 5.02 Å². The van der Waals surface area contributed by atoms with E-state index in [4.69, 9.17) is 28.6 Å². The average molecular weight is 323 g/mol. The molecule has 1 aromatic heterocycles. The number of rotatable bonds is 3. The first kappa shape index (κ1) is 14.1. The molecule has 1 N–H and O–H groups in total. The number of nitrogens with one attached hydrogen (secondary N) is 1. The highest BCUT2D eigenvalue weighted by Gasteiger charge is 2.10. The van der Waals surface area contributed by atoms with E-state index in [0.717, 1.165) is 17.0 Å². The van der Waals surface area contributed by atoms with Crippen LogP contribution >= 0.6 is 23.8 Å². The van der Waals surface area contributed by atoms with Crippen LogP contribution in [0.5, 0.6) is 5.75 Å². The first-order valence-electron chi connectivity index (χ1n) is 6.43. The van der Waals surface area contributed by atoms with Gasteiger partial charge in [-0.3, -0.25) is 4.57 Å².